The number of pyridine rings is 1. The number of carbonyl (C=O) groups is 1. The molecule has 100 valence electrons. The zero-order valence-electron chi connectivity index (χ0n) is 10.6. The molecule has 0 spiro atoms. The van der Waals surface area contributed by atoms with Crippen molar-refractivity contribution in [2.75, 3.05) is 5.32 Å². The standard InChI is InChI=1S/C14H11FN4O/c1-8-5-6-9(7-16-8)17-14(20)13-10-3-2-4-11(15)12(10)18-19-13/h2-7H,1H3,(H,17,20)(H,18,19). The van der Waals surface area contributed by atoms with Crippen LogP contribution in [0.1, 0.15) is 16.2 Å². The minimum absolute atomic E-state index is 0.152. The van der Waals surface area contributed by atoms with Gasteiger partial charge in [0.2, 0.25) is 0 Å². The van der Waals surface area contributed by atoms with E-state index in [1.165, 1.54) is 12.1 Å². The molecular weight excluding hydrogens is 259 g/mol. The van der Waals surface area contributed by atoms with Crippen molar-refractivity contribution >= 4 is 22.5 Å². The Hall–Kier alpha value is -2.76. The zero-order valence-corrected chi connectivity index (χ0v) is 10.6. The first kappa shape index (κ1) is 12.3. The molecule has 0 saturated heterocycles. The second-order valence-corrected chi connectivity index (χ2v) is 4.38. The molecule has 1 amide bonds. The van der Waals surface area contributed by atoms with Gasteiger partial charge in [0.15, 0.2) is 5.82 Å². The van der Waals surface area contributed by atoms with E-state index < -0.39 is 5.82 Å². The van der Waals surface area contributed by atoms with E-state index in [1.807, 2.05) is 6.92 Å². The number of aromatic nitrogens is 3. The van der Waals surface area contributed by atoms with E-state index in [1.54, 1.807) is 24.4 Å². The van der Waals surface area contributed by atoms with Gasteiger partial charge in [-0.1, -0.05) is 12.1 Å². The number of aryl methyl sites for hydroxylation is 1. The molecule has 0 radical (unpaired) electrons. The predicted molar refractivity (Wildman–Crippen MR) is 73.0 cm³/mol. The average Bonchev–Trinajstić information content (AvgIpc) is 2.87. The fourth-order valence-corrected chi connectivity index (χ4v) is 1.91. The van der Waals surface area contributed by atoms with Crippen LogP contribution in [0.4, 0.5) is 10.1 Å². The molecular formula is C14H11FN4O. The van der Waals surface area contributed by atoms with Gasteiger partial charge >= 0.3 is 0 Å². The maximum Gasteiger partial charge on any atom is 0.274 e. The predicted octanol–water partition coefficient (Wildman–Crippen LogP) is 2.66. The highest BCUT2D eigenvalue weighted by atomic mass is 19.1. The van der Waals surface area contributed by atoms with Gasteiger partial charge in [-0.15, -0.1) is 0 Å². The molecule has 5 nitrogen and oxygen atoms in total. The van der Waals surface area contributed by atoms with Crippen LogP contribution >= 0.6 is 0 Å². The number of carbonyl (C=O) groups excluding carboxylic acids is 1. The van der Waals surface area contributed by atoms with E-state index in [4.69, 9.17) is 0 Å². The van der Waals surface area contributed by atoms with Crippen molar-refractivity contribution < 1.29 is 9.18 Å². The van der Waals surface area contributed by atoms with Crippen LogP contribution in [0.5, 0.6) is 0 Å². The summed E-state index contributed by atoms with van der Waals surface area (Å²) < 4.78 is 13.5. The van der Waals surface area contributed by atoms with Gasteiger partial charge < -0.3 is 5.32 Å². The summed E-state index contributed by atoms with van der Waals surface area (Å²) in [5.41, 5.74) is 1.80. The molecule has 0 aliphatic rings. The average molecular weight is 270 g/mol. The molecule has 3 aromatic rings. The lowest BCUT2D eigenvalue weighted by atomic mass is 10.2. The number of para-hydroxylation sites is 1. The smallest absolute Gasteiger partial charge is 0.274 e. The third-order valence-corrected chi connectivity index (χ3v) is 2.93. The van der Waals surface area contributed by atoms with Crippen molar-refractivity contribution in [1.82, 2.24) is 15.2 Å². The van der Waals surface area contributed by atoms with E-state index in [0.29, 0.717) is 11.1 Å². The molecule has 20 heavy (non-hydrogen) atoms. The minimum atomic E-state index is -0.463. The summed E-state index contributed by atoms with van der Waals surface area (Å²) in [5, 5.41) is 9.52. The van der Waals surface area contributed by atoms with Crippen LogP contribution in [0.2, 0.25) is 0 Å². The van der Waals surface area contributed by atoms with Gasteiger partial charge in [0.25, 0.3) is 5.91 Å². The van der Waals surface area contributed by atoms with E-state index in [2.05, 4.69) is 20.5 Å². The lowest BCUT2D eigenvalue weighted by molar-refractivity contribution is 0.102. The summed E-state index contributed by atoms with van der Waals surface area (Å²) in [5.74, 6) is -0.849. The molecule has 6 heteroatoms. The normalized spacial score (nSPS) is 10.7. The Kier molecular flexibility index (Phi) is 2.90. The van der Waals surface area contributed by atoms with Crippen molar-refractivity contribution in [2.24, 2.45) is 0 Å². The first-order chi connectivity index (χ1) is 9.65. The maximum absolute atomic E-state index is 13.5. The summed E-state index contributed by atoms with van der Waals surface area (Å²) >= 11 is 0. The number of amides is 1. The van der Waals surface area contributed by atoms with Crippen LogP contribution in [-0.2, 0) is 0 Å². The molecule has 0 aliphatic heterocycles. The van der Waals surface area contributed by atoms with E-state index in [-0.39, 0.29) is 17.1 Å². The zero-order chi connectivity index (χ0) is 14.1. The summed E-state index contributed by atoms with van der Waals surface area (Å²) in [7, 11) is 0. The summed E-state index contributed by atoms with van der Waals surface area (Å²) in [4.78, 5) is 16.2. The van der Waals surface area contributed by atoms with Crippen LogP contribution in [0.3, 0.4) is 0 Å². The highest BCUT2D eigenvalue weighted by molar-refractivity contribution is 6.11. The molecule has 1 aromatic carbocycles. The number of aromatic amines is 1. The van der Waals surface area contributed by atoms with E-state index in [9.17, 15) is 9.18 Å². The molecule has 0 fully saturated rings. The molecule has 2 heterocycles. The first-order valence-corrected chi connectivity index (χ1v) is 6.02. The van der Waals surface area contributed by atoms with Gasteiger partial charge in [0.1, 0.15) is 11.2 Å². The SMILES string of the molecule is Cc1ccc(NC(=O)c2[nH]nc3c(F)cccc23)cn1. The number of H-pyrrole nitrogens is 1. The van der Waals surface area contributed by atoms with Gasteiger partial charge in [0, 0.05) is 11.1 Å². The monoisotopic (exact) mass is 270 g/mol. The number of benzene rings is 1. The number of nitrogens with zero attached hydrogens (tertiary/aromatic N) is 2. The third kappa shape index (κ3) is 2.11. The molecule has 2 aromatic heterocycles. The molecule has 0 saturated carbocycles. The van der Waals surface area contributed by atoms with Gasteiger partial charge in [-0.3, -0.25) is 14.9 Å². The van der Waals surface area contributed by atoms with Crippen molar-refractivity contribution in [2.45, 2.75) is 6.92 Å². The second-order valence-electron chi connectivity index (χ2n) is 4.38. The molecule has 0 aliphatic carbocycles. The highest BCUT2D eigenvalue weighted by Crippen LogP contribution is 2.19. The van der Waals surface area contributed by atoms with Gasteiger partial charge in [-0.25, -0.2) is 4.39 Å². The topological polar surface area (TPSA) is 70.7 Å². The van der Waals surface area contributed by atoms with Gasteiger partial charge in [-0.05, 0) is 25.1 Å². The lowest BCUT2D eigenvalue weighted by Crippen LogP contribution is -2.13. The Bertz CT molecular complexity index is 779. The van der Waals surface area contributed by atoms with Crippen molar-refractivity contribution in [1.29, 1.82) is 0 Å². The van der Waals surface area contributed by atoms with Gasteiger partial charge in [-0.2, -0.15) is 5.10 Å². The van der Waals surface area contributed by atoms with Crippen molar-refractivity contribution in [3.05, 3.63) is 53.7 Å². The minimum Gasteiger partial charge on any atom is -0.319 e. The summed E-state index contributed by atoms with van der Waals surface area (Å²) in [6.07, 6.45) is 1.56. The van der Waals surface area contributed by atoms with Crippen LogP contribution in [0.15, 0.2) is 36.5 Å². The number of anilines is 1. The number of hydrogen-bond donors (Lipinski definition) is 2. The Morgan fingerprint density at radius 1 is 1.30 bits per heavy atom. The molecule has 3 rings (SSSR count). The fourth-order valence-electron chi connectivity index (χ4n) is 1.91. The Balaban J connectivity index is 1.93. The number of halogens is 1. The first-order valence-electron chi connectivity index (χ1n) is 6.02. The largest absolute Gasteiger partial charge is 0.319 e. The van der Waals surface area contributed by atoms with Gasteiger partial charge in [0.05, 0.1) is 11.9 Å². The Morgan fingerprint density at radius 3 is 2.90 bits per heavy atom. The lowest BCUT2D eigenvalue weighted by Gasteiger charge is -2.03. The third-order valence-electron chi connectivity index (χ3n) is 2.93. The van der Waals surface area contributed by atoms with E-state index >= 15 is 0 Å². The van der Waals surface area contributed by atoms with E-state index in [0.717, 1.165) is 5.69 Å². The highest BCUT2D eigenvalue weighted by Gasteiger charge is 2.15. The van der Waals surface area contributed by atoms with Crippen LogP contribution in [0, 0.1) is 12.7 Å². The maximum atomic E-state index is 13.5. The summed E-state index contributed by atoms with van der Waals surface area (Å²) in [6, 6.07) is 8.02. The molecule has 2 N–H and O–H groups in total. The Morgan fingerprint density at radius 2 is 2.15 bits per heavy atom. The molecule has 0 unspecified atom stereocenters. The number of nitrogens with one attached hydrogen (secondary N) is 2. The number of fused-ring (bicyclic) bond motifs is 1. The van der Waals surface area contributed by atoms with Crippen LogP contribution in [0.25, 0.3) is 10.9 Å². The number of hydrogen-bond acceptors (Lipinski definition) is 3. The molecule has 0 atom stereocenters. The van der Waals surface area contributed by atoms with Crippen molar-refractivity contribution in [3.8, 4) is 0 Å². The van der Waals surface area contributed by atoms with Crippen LogP contribution < -0.4 is 5.32 Å². The fraction of sp³-hybridized carbons (Fsp3) is 0.0714. The van der Waals surface area contributed by atoms with Crippen LogP contribution in [-0.4, -0.2) is 21.1 Å². The quantitative estimate of drug-likeness (QED) is 0.752. The molecule has 0 bridgehead atoms. The Labute approximate surface area is 113 Å². The second kappa shape index (κ2) is 4.73. The van der Waals surface area contributed by atoms with Crippen molar-refractivity contribution in [3.63, 3.8) is 0 Å². The summed E-state index contributed by atoms with van der Waals surface area (Å²) in [6.45, 7) is 1.86. The number of rotatable bonds is 2.